The average molecular weight is 479 g/mol. The summed E-state index contributed by atoms with van der Waals surface area (Å²) in [7, 11) is 0. The molecule has 1 unspecified atom stereocenters. The summed E-state index contributed by atoms with van der Waals surface area (Å²) in [6.07, 6.45) is 21.2. The highest BCUT2D eigenvalue weighted by atomic mass is 16.6. The summed E-state index contributed by atoms with van der Waals surface area (Å²) in [5, 5.41) is 0. The Hall–Kier alpha value is -2.68. The first kappa shape index (κ1) is 30.4. The average Bonchev–Trinajstić information content (AvgIpc) is 2.73. The fourth-order valence-corrected chi connectivity index (χ4v) is 4.45. The molecule has 0 aliphatic heterocycles. The van der Waals surface area contributed by atoms with Gasteiger partial charge in [-0.25, -0.2) is 4.79 Å². The second-order valence-electron chi connectivity index (χ2n) is 10.7. The van der Waals surface area contributed by atoms with Crippen LogP contribution in [0, 0.1) is 11.3 Å². The molecule has 0 heterocycles. The molecule has 3 heteroatoms. The van der Waals surface area contributed by atoms with E-state index in [0.29, 0.717) is 0 Å². The van der Waals surface area contributed by atoms with Crippen LogP contribution in [0.4, 0.5) is 0 Å². The first-order chi connectivity index (χ1) is 16.3. The third kappa shape index (κ3) is 12.0. The number of allylic oxidation sites excluding steroid dienone is 12. The smallest absolute Gasteiger partial charge is 0.338 e. The van der Waals surface area contributed by atoms with Gasteiger partial charge in [-0.1, -0.05) is 79.2 Å². The zero-order valence-electron chi connectivity index (χ0n) is 23.3. The molecule has 0 saturated heterocycles. The molecule has 3 nitrogen and oxygen atoms in total. The SMILES string of the molecule is C=C(C)C1CC=C(C)CC1.CC(=O)OC(=O)/C=C(C)/C=C/C=C(C)/C=C/C1=C(C)CCCC1(C)C. The van der Waals surface area contributed by atoms with Crippen molar-refractivity contribution in [3.05, 3.63) is 82.5 Å². The predicted molar refractivity (Wildman–Crippen MR) is 149 cm³/mol. The molecule has 0 aromatic rings. The maximum absolute atomic E-state index is 11.3. The van der Waals surface area contributed by atoms with E-state index in [1.54, 1.807) is 12.5 Å². The van der Waals surface area contributed by atoms with Gasteiger partial charge in [0, 0.05) is 13.0 Å². The van der Waals surface area contributed by atoms with Gasteiger partial charge in [0.2, 0.25) is 0 Å². The number of rotatable bonds is 6. The van der Waals surface area contributed by atoms with E-state index in [2.05, 4.69) is 71.1 Å². The summed E-state index contributed by atoms with van der Waals surface area (Å²) < 4.78 is 4.46. The maximum atomic E-state index is 11.3. The molecule has 0 bridgehead atoms. The van der Waals surface area contributed by atoms with Crippen LogP contribution >= 0.6 is 0 Å². The van der Waals surface area contributed by atoms with Crippen molar-refractivity contribution in [3.8, 4) is 0 Å². The van der Waals surface area contributed by atoms with Crippen molar-refractivity contribution in [1.29, 1.82) is 0 Å². The first-order valence-electron chi connectivity index (χ1n) is 12.8. The number of hydrogen-bond donors (Lipinski definition) is 0. The molecule has 0 radical (unpaired) electrons. The van der Waals surface area contributed by atoms with E-state index >= 15 is 0 Å². The monoisotopic (exact) mass is 478 g/mol. The van der Waals surface area contributed by atoms with E-state index in [-0.39, 0.29) is 5.41 Å². The molecule has 1 atom stereocenters. The number of ether oxygens (including phenoxy) is 1. The van der Waals surface area contributed by atoms with Crippen LogP contribution in [0.5, 0.6) is 0 Å². The van der Waals surface area contributed by atoms with Gasteiger partial charge >= 0.3 is 11.9 Å². The highest BCUT2D eigenvalue weighted by Gasteiger charge is 2.26. The van der Waals surface area contributed by atoms with E-state index in [1.165, 1.54) is 68.2 Å². The highest BCUT2D eigenvalue weighted by Crippen LogP contribution is 2.40. The summed E-state index contributed by atoms with van der Waals surface area (Å²) in [5.74, 6) is -0.477. The molecule has 192 valence electrons. The third-order valence-electron chi connectivity index (χ3n) is 6.70. The van der Waals surface area contributed by atoms with Gasteiger partial charge in [0.1, 0.15) is 0 Å². The molecule has 0 aromatic carbocycles. The fraction of sp³-hybridized carbons (Fsp3) is 0.500. The van der Waals surface area contributed by atoms with Crippen LogP contribution in [-0.2, 0) is 14.3 Å². The van der Waals surface area contributed by atoms with Gasteiger partial charge in [0.25, 0.3) is 0 Å². The van der Waals surface area contributed by atoms with Crippen LogP contribution in [0.1, 0.15) is 93.9 Å². The third-order valence-corrected chi connectivity index (χ3v) is 6.70. The molecule has 0 saturated carbocycles. The van der Waals surface area contributed by atoms with Crippen LogP contribution in [-0.4, -0.2) is 11.9 Å². The number of carbonyl (C=O) groups is 2. The summed E-state index contributed by atoms with van der Waals surface area (Å²) >= 11 is 0. The molecular formula is C32H46O3. The van der Waals surface area contributed by atoms with E-state index in [0.717, 1.165) is 17.1 Å². The Morgan fingerprint density at radius 1 is 1.06 bits per heavy atom. The largest absolute Gasteiger partial charge is 0.390 e. The Bertz CT molecular complexity index is 961. The fourth-order valence-electron chi connectivity index (χ4n) is 4.45. The summed E-state index contributed by atoms with van der Waals surface area (Å²) in [5.41, 5.74) is 7.94. The number of carbonyl (C=O) groups excluding carboxylic acids is 2. The standard InChI is InChI=1S/C22H30O3.C10H16/c1-16(9-7-10-17(2)15-21(24)25-19(4)23)12-13-20-18(3)11-8-14-22(20,5)6;1-8(2)10-6-4-9(3)5-7-10/h7,9-10,12-13,15H,8,11,14H2,1-6H3;4,10H,1,5-7H2,2-3H3/b10-7+,13-12+,16-9+,17-15+;. The Kier molecular flexibility index (Phi) is 12.7. The van der Waals surface area contributed by atoms with Crippen molar-refractivity contribution in [1.82, 2.24) is 0 Å². The first-order valence-corrected chi connectivity index (χ1v) is 12.8. The minimum absolute atomic E-state index is 0.241. The van der Waals surface area contributed by atoms with Crippen LogP contribution in [0.3, 0.4) is 0 Å². The molecule has 0 fully saturated rings. The zero-order valence-corrected chi connectivity index (χ0v) is 23.3. The lowest BCUT2D eigenvalue weighted by molar-refractivity contribution is -0.154. The molecule has 2 aliphatic carbocycles. The van der Waals surface area contributed by atoms with Crippen molar-refractivity contribution in [2.45, 2.75) is 93.9 Å². The molecule has 35 heavy (non-hydrogen) atoms. The Morgan fingerprint density at radius 3 is 2.29 bits per heavy atom. The van der Waals surface area contributed by atoms with Crippen LogP contribution in [0.15, 0.2) is 82.5 Å². The molecule has 0 spiro atoms. The van der Waals surface area contributed by atoms with E-state index in [9.17, 15) is 9.59 Å². The van der Waals surface area contributed by atoms with Crippen LogP contribution in [0.25, 0.3) is 0 Å². The van der Waals surface area contributed by atoms with Gasteiger partial charge < -0.3 is 4.74 Å². The van der Waals surface area contributed by atoms with Crippen LogP contribution < -0.4 is 0 Å². The van der Waals surface area contributed by atoms with Gasteiger partial charge in [0.05, 0.1) is 0 Å². The molecular weight excluding hydrogens is 432 g/mol. The normalized spacial score (nSPS) is 20.9. The van der Waals surface area contributed by atoms with Crippen molar-refractivity contribution < 1.29 is 14.3 Å². The van der Waals surface area contributed by atoms with E-state index in [1.807, 2.05) is 18.2 Å². The predicted octanol–water partition coefficient (Wildman–Crippen LogP) is 8.92. The zero-order chi connectivity index (χ0) is 26.6. The lowest BCUT2D eigenvalue weighted by Crippen LogP contribution is -2.19. The van der Waals surface area contributed by atoms with Gasteiger partial charge in [-0.2, -0.15) is 0 Å². The highest BCUT2D eigenvalue weighted by molar-refractivity contribution is 5.91. The van der Waals surface area contributed by atoms with E-state index < -0.39 is 11.9 Å². The molecule has 2 rings (SSSR count). The second kappa shape index (κ2) is 14.7. The second-order valence-corrected chi connectivity index (χ2v) is 10.7. The Morgan fingerprint density at radius 2 is 1.74 bits per heavy atom. The van der Waals surface area contributed by atoms with Gasteiger partial charge in [-0.3, -0.25) is 4.79 Å². The van der Waals surface area contributed by atoms with Crippen LogP contribution in [0.2, 0.25) is 0 Å². The van der Waals surface area contributed by atoms with Crippen molar-refractivity contribution in [2.75, 3.05) is 0 Å². The Balaban J connectivity index is 0.000000507. The van der Waals surface area contributed by atoms with Crippen molar-refractivity contribution in [2.24, 2.45) is 11.3 Å². The quantitative estimate of drug-likeness (QED) is 0.126. The molecule has 2 aliphatic rings. The molecule has 0 aromatic heterocycles. The van der Waals surface area contributed by atoms with Crippen molar-refractivity contribution in [3.63, 3.8) is 0 Å². The summed E-state index contributed by atoms with van der Waals surface area (Å²) in [6, 6.07) is 0. The lowest BCUT2D eigenvalue weighted by atomic mass is 9.72. The maximum Gasteiger partial charge on any atom is 0.338 e. The topological polar surface area (TPSA) is 43.4 Å². The van der Waals surface area contributed by atoms with Crippen molar-refractivity contribution >= 4 is 11.9 Å². The van der Waals surface area contributed by atoms with E-state index in [4.69, 9.17) is 0 Å². The van der Waals surface area contributed by atoms with Gasteiger partial charge in [-0.05, 0) is 95.6 Å². The van der Waals surface area contributed by atoms with Gasteiger partial charge in [-0.15, -0.1) is 0 Å². The summed E-state index contributed by atoms with van der Waals surface area (Å²) in [4.78, 5) is 22.0. The molecule has 0 amide bonds. The minimum Gasteiger partial charge on any atom is -0.390 e. The lowest BCUT2D eigenvalue weighted by Gasteiger charge is -2.32. The molecule has 0 N–H and O–H groups in total. The minimum atomic E-state index is -0.641. The van der Waals surface area contributed by atoms with Gasteiger partial charge in [0.15, 0.2) is 0 Å². The Labute approximate surface area is 214 Å². The summed E-state index contributed by atoms with van der Waals surface area (Å²) in [6.45, 7) is 20.2. The number of hydrogen-bond acceptors (Lipinski definition) is 3. The number of esters is 2.